The molecule has 4 heteroatoms. The standard InChI is InChI=1S/C26H30O4/c1-3-25(27)29-19-9-7-5-6-8-10-21-11-15-23(16-12-21)24-17-13-22(14-18-24)20-30-26(28)4-2/h3-4,11-18H,1-2,5-10,19-20H2. The minimum atomic E-state index is -0.413. The van der Waals surface area contributed by atoms with Crippen LogP contribution in [0, 0.1) is 0 Å². The van der Waals surface area contributed by atoms with Gasteiger partial charge in [0.05, 0.1) is 6.61 Å². The lowest BCUT2D eigenvalue weighted by Crippen LogP contribution is -2.01. The molecule has 30 heavy (non-hydrogen) atoms. The summed E-state index contributed by atoms with van der Waals surface area (Å²) >= 11 is 0. The molecule has 0 bridgehead atoms. The van der Waals surface area contributed by atoms with Crippen molar-refractivity contribution in [2.24, 2.45) is 0 Å². The minimum Gasteiger partial charge on any atom is -0.463 e. The van der Waals surface area contributed by atoms with Crippen LogP contribution in [0.5, 0.6) is 0 Å². The molecule has 0 radical (unpaired) electrons. The molecule has 2 aromatic rings. The molecule has 0 N–H and O–H groups in total. The van der Waals surface area contributed by atoms with Crippen molar-refractivity contribution < 1.29 is 19.1 Å². The lowest BCUT2D eigenvalue weighted by molar-refractivity contribution is -0.139. The van der Waals surface area contributed by atoms with E-state index in [1.165, 1.54) is 29.7 Å². The van der Waals surface area contributed by atoms with Crippen molar-refractivity contribution in [2.75, 3.05) is 6.61 Å². The Balaban J connectivity index is 1.68. The van der Waals surface area contributed by atoms with Gasteiger partial charge in [0.15, 0.2) is 0 Å². The fraction of sp³-hybridized carbons (Fsp3) is 0.308. The molecule has 0 saturated carbocycles. The first-order valence-corrected chi connectivity index (χ1v) is 10.4. The first-order chi connectivity index (χ1) is 14.6. The van der Waals surface area contributed by atoms with Crippen LogP contribution in [0.1, 0.15) is 43.2 Å². The van der Waals surface area contributed by atoms with Crippen molar-refractivity contribution >= 4 is 11.9 Å². The lowest BCUT2D eigenvalue weighted by atomic mass is 10.00. The number of benzene rings is 2. The number of rotatable bonds is 13. The van der Waals surface area contributed by atoms with Crippen molar-refractivity contribution in [1.82, 2.24) is 0 Å². The van der Waals surface area contributed by atoms with Crippen LogP contribution in [-0.4, -0.2) is 18.5 Å². The second-order valence-corrected chi connectivity index (χ2v) is 7.10. The average Bonchev–Trinajstić information content (AvgIpc) is 2.79. The van der Waals surface area contributed by atoms with Crippen LogP contribution >= 0.6 is 0 Å². The Hall–Kier alpha value is -3.14. The number of hydrogen-bond acceptors (Lipinski definition) is 4. The lowest BCUT2D eigenvalue weighted by Gasteiger charge is -2.07. The fourth-order valence-corrected chi connectivity index (χ4v) is 3.06. The number of unbranched alkanes of at least 4 members (excludes halogenated alkanes) is 4. The molecule has 0 aliphatic rings. The van der Waals surface area contributed by atoms with E-state index in [0.717, 1.165) is 43.2 Å². The molecular formula is C26H30O4. The zero-order valence-corrected chi connectivity index (χ0v) is 17.5. The highest BCUT2D eigenvalue weighted by Crippen LogP contribution is 2.21. The number of aryl methyl sites for hydroxylation is 1. The summed E-state index contributed by atoms with van der Waals surface area (Å²) in [6.07, 6.45) is 8.90. The highest BCUT2D eigenvalue weighted by atomic mass is 16.5. The second-order valence-electron chi connectivity index (χ2n) is 7.10. The van der Waals surface area contributed by atoms with Gasteiger partial charge in [-0.3, -0.25) is 0 Å². The highest BCUT2D eigenvalue weighted by Gasteiger charge is 2.02. The molecule has 0 spiro atoms. The van der Waals surface area contributed by atoms with E-state index in [0.29, 0.717) is 6.61 Å². The summed E-state index contributed by atoms with van der Waals surface area (Å²) in [5, 5.41) is 0. The molecule has 4 nitrogen and oxygen atoms in total. The zero-order chi connectivity index (χ0) is 21.6. The van der Waals surface area contributed by atoms with Gasteiger partial charge in [-0.15, -0.1) is 0 Å². The summed E-state index contributed by atoms with van der Waals surface area (Å²) in [6.45, 7) is 7.50. The van der Waals surface area contributed by atoms with Crippen molar-refractivity contribution in [1.29, 1.82) is 0 Å². The predicted molar refractivity (Wildman–Crippen MR) is 120 cm³/mol. The Bertz CT molecular complexity index is 819. The Labute approximate surface area is 179 Å². The molecule has 2 rings (SSSR count). The average molecular weight is 407 g/mol. The highest BCUT2D eigenvalue weighted by molar-refractivity contribution is 5.81. The van der Waals surface area contributed by atoms with Gasteiger partial charge in [-0.05, 0) is 41.5 Å². The van der Waals surface area contributed by atoms with Crippen molar-refractivity contribution in [3.63, 3.8) is 0 Å². The van der Waals surface area contributed by atoms with Crippen LogP contribution in [0.25, 0.3) is 11.1 Å². The van der Waals surface area contributed by atoms with Crippen LogP contribution < -0.4 is 0 Å². The number of ether oxygens (including phenoxy) is 2. The third-order valence-electron chi connectivity index (χ3n) is 4.81. The van der Waals surface area contributed by atoms with Gasteiger partial charge in [0, 0.05) is 12.2 Å². The van der Waals surface area contributed by atoms with Crippen molar-refractivity contribution in [3.8, 4) is 11.1 Å². The molecule has 0 amide bonds. The van der Waals surface area contributed by atoms with E-state index in [9.17, 15) is 9.59 Å². The summed E-state index contributed by atoms with van der Waals surface area (Å²) in [7, 11) is 0. The van der Waals surface area contributed by atoms with Crippen molar-refractivity contribution in [2.45, 2.75) is 45.1 Å². The molecule has 0 heterocycles. The Morgan fingerprint density at radius 3 is 1.77 bits per heavy atom. The topological polar surface area (TPSA) is 52.6 Å². The molecular weight excluding hydrogens is 376 g/mol. The van der Waals surface area contributed by atoms with Gasteiger partial charge in [0.25, 0.3) is 0 Å². The number of carbonyl (C=O) groups excluding carboxylic acids is 2. The minimum absolute atomic E-state index is 0.254. The Kier molecular flexibility index (Phi) is 10.1. The summed E-state index contributed by atoms with van der Waals surface area (Å²) in [4.78, 5) is 22.1. The zero-order valence-electron chi connectivity index (χ0n) is 17.5. The number of hydrogen-bond donors (Lipinski definition) is 0. The van der Waals surface area contributed by atoms with Gasteiger partial charge in [-0.25, -0.2) is 9.59 Å². The maximum absolute atomic E-state index is 11.1. The molecule has 158 valence electrons. The smallest absolute Gasteiger partial charge is 0.330 e. The summed E-state index contributed by atoms with van der Waals surface area (Å²) in [5.41, 5.74) is 4.59. The van der Waals surface area contributed by atoms with E-state index in [1.807, 2.05) is 24.3 Å². The molecule has 2 aromatic carbocycles. The SMILES string of the molecule is C=CC(=O)OCCCCCCCc1ccc(-c2ccc(COC(=O)C=C)cc2)cc1. The van der Waals surface area contributed by atoms with Crippen LogP contribution in [0.4, 0.5) is 0 Å². The first kappa shape index (κ1) is 23.1. The second kappa shape index (κ2) is 13.2. The largest absolute Gasteiger partial charge is 0.463 e. The summed E-state index contributed by atoms with van der Waals surface area (Å²) < 4.78 is 10.0. The molecule has 0 aliphatic carbocycles. The van der Waals surface area contributed by atoms with Gasteiger partial charge < -0.3 is 9.47 Å². The predicted octanol–water partition coefficient (Wildman–Crippen LogP) is 5.81. The molecule has 0 fully saturated rings. The van der Waals surface area contributed by atoms with E-state index in [4.69, 9.17) is 9.47 Å². The molecule has 0 aromatic heterocycles. The maximum Gasteiger partial charge on any atom is 0.330 e. The van der Waals surface area contributed by atoms with E-state index in [1.54, 1.807) is 0 Å². The van der Waals surface area contributed by atoms with Crippen LogP contribution in [0.15, 0.2) is 73.8 Å². The third kappa shape index (κ3) is 8.48. The summed E-state index contributed by atoms with van der Waals surface area (Å²) in [5.74, 6) is -0.757. The van der Waals surface area contributed by atoms with Crippen LogP contribution in [0.3, 0.4) is 0 Å². The molecule has 0 atom stereocenters. The number of carbonyl (C=O) groups is 2. The van der Waals surface area contributed by atoms with E-state index in [2.05, 4.69) is 37.4 Å². The van der Waals surface area contributed by atoms with E-state index < -0.39 is 5.97 Å². The van der Waals surface area contributed by atoms with Crippen molar-refractivity contribution in [3.05, 3.63) is 85.0 Å². The van der Waals surface area contributed by atoms with Gasteiger partial charge in [0.2, 0.25) is 0 Å². The maximum atomic E-state index is 11.1. The molecule has 0 saturated heterocycles. The third-order valence-corrected chi connectivity index (χ3v) is 4.81. The van der Waals surface area contributed by atoms with Crippen LogP contribution in [-0.2, 0) is 32.1 Å². The molecule has 0 unspecified atom stereocenters. The van der Waals surface area contributed by atoms with Gasteiger partial charge in [-0.2, -0.15) is 0 Å². The van der Waals surface area contributed by atoms with Gasteiger partial charge >= 0.3 is 11.9 Å². The molecule has 0 aliphatic heterocycles. The van der Waals surface area contributed by atoms with Gasteiger partial charge in [-0.1, -0.05) is 81.0 Å². The van der Waals surface area contributed by atoms with E-state index >= 15 is 0 Å². The number of esters is 2. The monoisotopic (exact) mass is 406 g/mol. The quantitative estimate of drug-likeness (QED) is 0.239. The Morgan fingerprint density at radius 1 is 0.667 bits per heavy atom. The normalized spacial score (nSPS) is 10.3. The Morgan fingerprint density at radius 2 is 1.17 bits per heavy atom. The summed E-state index contributed by atoms with van der Waals surface area (Å²) in [6, 6.07) is 16.7. The van der Waals surface area contributed by atoms with Crippen LogP contribution in [0.2, 0.25) is 0 Å². The van der Waals surface area contributed by atoms with Gasteiger partial charge in [0.1, 0.15) is 6.61 Å². The fourth-order valence-electron chi connectivity index (χ4n) is 3.06. The van der Waals surface area contributed by atoms with E-state index in [-0.39, 0.29) is 12.6 Å². The first-order valence-electron chi connectivity index (χ1n) is 10.4.